The highest BCUT2D eigenvalue weighted by molar-refractivity contribution is 4.92. The molecule has 0 amide bonds. The van der Waals surface area contributed by atoms with E-state index in [2.05, 4.69) is 44.1 Å². The van der Waals surface area contributed by atoms with Gasteiger partial charge in [0.1, 0.15) is 0 Å². The number of terminal acetylenes is 1. The van der Waals surface area contributed by atoms with Crippen molar-refractivity contribution in [1.82, 2.24) is 10.2 Å². The van der Waals surface area contributed by atoms with Crippen LogP contribution in [0.2, 0.25) is 0 Å². The predicted molar refractivity (Wildman–Crippen MR) is 63.3 cm³/mol. The summed E-state index contributed by atoms with van der Waals surface area (Å²) in [7, 11) is 6.25. The average Bonchev–Trinajstić information content (AvgIpc) is 2.12. The topological polar surface area (TPSA) is 15.3 Å². The normalized spacial score (nSPS) is 14.1. The summed E-state index contributed by atoms with van der Waals surface area (Å²) in [4.78, 5) is 2.25. The molecule has 0 aromatic heterocycles. The van der Waals surface area contributed by atoms with Crippen LogP contribution in [-0.4, -0.2) is 37.6 Å². The van der Waals surface area contributed by atoms with Gasteiger partial charge in [0.05, 0.1) is 0 Å². The fourth-order valence-electron chi connectivity index (χ4n) is 1.57. The van der Waals surface area contributed by atoms with Crippen LogP contribution >= 0.6 is 0 Å². The summed E-state index contributed by atoms with van der Waals surface area (Å²) < 4.78 is 0. The van der Waals surface area contributed by atoms with E-state index >= 15 is 0 Å². The zero-order valence-electron chi connectivity index (χ0n) is 10.2. The Balaban J connectivity index is 4.19. The molecule has 0 radical (unpaired) electrons. The lowest BCUT2D eigenvalue weighted by Crippen LogP contribution is -2.54. The Morgan fingerprint density at radius 1 is 1.43 bits per heavy atom. The molecule has 0 aromatic rings. The minimum Gasteiger partial charge on any atom is -0.315 e. The molecular formula is C12H24N2. The van der Waals surface area contributed by atoms with E-state index in [9.17, 15) is 0 Å². The molecular weight excluding hydrogens is 172 g/mol. The van der Waals surface area contributed by atoms with Gasteiger partial charge >= 0.3 is 0 Å². The Hall–Kier alpha value is -0.520. The highest BCUT2D eigenvalue weighted by Gasteiger charge is 2.29. The first kappa shape index (κ1) is 13.5. The largest absolute Gasteiger partial charge is 0.315 e. The monoisotopic (exact) mass is 196 g/mol. The predicted octanol–water partition coefficient (Wildman–Crippen LogP) is 1.72. The van der Waals surface area contributed by atoms with Crippen LogP contribution in [0.3, 0.4) is 0 Å². The van der Waals surface area contributed by atoms with Gasteiger partial charge in [-0.25, -0.2) is 0 Å². The molecule has 0 aliphatic carbocycles. The van der Waals surface area contributed by atoms with Crippen molar-refractivity contribution in [3.8, 4) is 12.3 Å². The fourth-order valence-corrected chi connectivity index (χ4v) is 1.57. The second-order valence-corrected chi connectivity index (χ2v) is 4.49. The molecule has 1 unspecified atom stereocenters. The van der Waals surface area contributed by atoms with Crippen molar-refractivity contribution in [2.45, 2.75) is 44.7 Å². The quantitative estimate of drug-likeness (QED) is 0.514. The van der Waals surface area contributed by atoms with Gasteiger partial charge in [0, 0.05) is 18.0 Å². The first-order chi connectivity index (χ1) is 6.46. The fraction of sp³-hybridized carbons (Fsp3) is 0.833. The maximum Gasteiger partial charge on any atom is 0.0300 e. The lowest BCUT2D eigenvalue weighted by Gasteiger charge is -2.40. The molecule has 1 atom stereocenters. The van der Waals surface area contributed by atoms with Gasteiger partial charge in [-0.2, -0.15) is 0 Å². The second kappa shape index (κ2) is 6.06. The summed E-state index contributed by atoms with van der Waals surface area (Å²) in [5.74, 6) is 2.69. The van der Waals surface area contributed by atoms with E-state index < -0.39 is 0 Å². The molecule has 1 N–H and O–H groups in total. The van der Waals surface area contributed by atoms with Gasteiger partial charge in [-0.1, -0.05) is 0 Å². The van der Waals surface area contributed by atoms with Crippen LogP contribution in [-0.2, 0) is 0 Å². The number of hydrogen-bond acceptors (Lipinski definition) is 2. The highest BCUT2D eigenvalue weighted by Crippen LogP contribution is 2.19. The Morgan fingerprint density at radius 2 is 2.00 bits per heavy atom. The van der Waals surface area contributed by atoms with E-state index in [1.165, 1.54) is 0 Å². The molecule has 82 valence electrons. The van der Waals surface area contributed by atoms with Gasteiger partial charge in [0.2, 0.25) is 0 Å². The summed E-state index contributed by atoms with van der Waals surface area (Å²) >= 11 is 0. The van der Waals surface area contributed by atoms with Crippen LogP contribution in [0.1, 0.15) is 33.1 Å². The minimum atomic E-state index is 0.170. The maximum atomic E-state index is 5.24. The Morgan fingerprint density at radius 3 is 2.36 bits per heavy atom. The van der Waals surface area contributed by atoms with Crippen molar-refractivity contribution in [2.24, 2.45) is 0 Å². The van der Waals surface area contributed by atoms with E-state index in [-0.39, 0.29) is 5.54 Å². The second-order valence-electron chi connectivity index (χ2n) is 4.49. The summed E-state index contributed by atoms with van der Waals surface area (Å²) in [6, 6.07) is 0.492. The van der Waals surface area contributed by atoms with E-state index in [4.69, 9.17) is 6.42 Å². The minimum absolute atomic E-state index is 0.170. The number of hydrogen-bond donors (Lipinski definition) is 1. The SMILES string of the molecule is C#CCCCC(NC)C(C)(C)N(C)C. The molecule has 0 aromatic carbocycles. The molecule has 0 rings (SSSR count). The third kappa shape index (κ3) is 3.69. The van der Waals surface area contributed by atoms with Crippen LogP contribution in [0.15, 0.2) is 0 Å². The molecule has 2 nitrogen and oxygen atoms in total. The molecule has 0 spiro atoms. The van der Waals surface area contributed by atoms with E-state index in [1.54, 1.807) is 0 Å². The number of likely N-dealkylation sites (N-methyl/N-ethyl adjacent to an activating group) is 2. The summed E-state index contributed by atoms with van der Waals surface area (Å²) in [6.07, 6.45) is 8.35. The zero-order valence-corrected chi connectivity index (χ0v) is 10.2. The van der Waals surface area contributed by atoms with Gasteiger partial charge in [-0.15, -0.1) is 12.3 Å². The van der Waals surface area contributed by atoms with Crippen molar-refractivity contribution in [3.05, 3.63) is 0 Å². The first-order valence-electron chi connectivity index (χ1n) is 5.25. The van der Waals surface area contributed by atoms with Crippen LogP contribution in [0.25, 0.3) is 0 Å². The average molecular weight is 196 g/mol. The van der Waals surface area contributed by atoms with Crippen molar-refractivity contribution in [1.29, 1.82) is 0 Å². The van der Waals surface area contributed by atoms with Gasteiger partial charge in [0.25, 0.3) is 0 Å². The third-order valence-corrected chi connectivity index (χ3v) is 3.17. The number of rotatable bonds is 6. The van der Waals surface area contributed by atoms with Crippen LogP contribution in [0, 0.1) is 12.3 Å². The number of unbranched alkanes of at least 4 members (excludes halogenated alkanes) is 1. The van der Waals surface area contributed by atoms with Crippen LogP contribution in [0.5, 0.6) is 0 Å². The lowest BCUT2D eigenvalue weighted by atomic mass is 9.89. The first-order valence-corrected chi connectivity index (χ1v) is 5.25. The maximum absolute atomic E-state index is 5.24. The Labute approximate surface area is 89.1 Å². The van der Waals surface area contributed by atoms with E-state index in [0.717, 1.165) is 19.3 Å². The van der Waals surface area contributed by atoms with E-state index in [1.807, 2.05) is 7.05 Å². The molecule has 0 saturated heterocycles. The van der Waals surface area contributed by atoms with Gasteiger partial charge < -0.3 is 10.2 Å². The van der Waals surface area contributed by atoms with Gasteiger partial charge in [0.15, 0.2) is 0 Å². The molecule has 2 heteroatoms. The summed E-state index contributed by atoms with van der Waals surface area (Å²) in [5.41, 5.74) is 0.170. The smallest absolute Gasteiger partial charge is 0.0300 e. The van der Waals surface area contributed by atoms with Gasteiger partial charge in [-0.3, -0.25) is 0 Å². The number of nitrogens with zero attached hydrogens (tertiary/aromatic N) is 1. The van der Waals surface area contributed by atoms with Crippen molar-refractivity contribution in [2.75, 3.05) is 21.1 Å². The molecule has 0 bridgehead atoms. The Bertz CT molecular complexity index is 189. The van der Waals surface area contributed by atoms with Crippen molar-refractivity contribution in [3.63, 3.8) is 0 Å². The van der Waals surface area contributed by atoms with Gasteiger partial charge in [-0.05, 0) is 47.8 Å². The molecule has 0 aliphatic heterocycles. The van der Waals surface area contributed by atoms with E-state index in [0.29, 0.717) is 6.04 Å². The van der Waals surface area contributed by atoms with Crippen molar-refractivity contribution < 1.29 is 0 Å². The standard InChI is InChI=1S/C12H24N2/c1-7-8-9-10-11(13-4)12(2,3)14(5)6/h1,11,13H,8-10H2,2-6H3. The zero-order chi connectivity index (χ0) is 11.2. The van der Waals surface area contributed by atoms with Crippen molar-refractivity contribution >= 4 is 0 Å². The molecule has 0 heterocycles. The summed E-state index contributed by atoms with van der Waals surface area (Å²) in [5, 5.41) is 3.37. The van der Waals surface area contributed by atoms with Crippen LogP contribution < -0.4 is 5.32 Å². The third-order valence-electron chi connectivity index (χ3n) is 3.17. The molecule has 0 fully saturated rings. The molecule has 0 saturated carbocycles. The number of nitrogens with one attached hydrogen (secondary N) is 1. The lowest BCUT2D eigenvalue weighted by molar-refractivity contribution is 0.136. The molecule has 14 heavy (non-hydrogen) atoms. The Kier molecular flexibility index (Phi) is 5.83. The molecule has 0 aliphatic rings. The summed E-state index contributed by atoms with van der Waals surface area (Å²) in [6.45, 7) is 4.51. The highest BCUT2D eigenvalue weighted by atomic mass is 15.2. The van der Waals surface area contributed by atoms with Crippen LogP contribution in [0.4, 0.5) is 0 Å².